The van der Waals surface area contributed by atoms with Crippen LogP contribution >= 0.6 is 15.9 Å². The molecule has 1 saturated carbocycles. The maximum atomic E-state index is 11.6. The molecular weight excluding hydrogens is 488 g/mol. The Hall–Kier alpha value is -2.79. The van der Waals surface area contributed by atoms with Gasteiger partial charge < -0.3 is 31.0 Å². The normalized spacial score (nSPS) is 24.0. The summed E-state index contributed by atoms with van der Waals surface area (Å²) in [6.45, 7) is 0. The van der Waals surface area contributed by atoms with Crippen molar-refractivity contribution in [1.82, 2.24) is 19.5 Å². The van der Waals surface area contributed by atoms with E-state index in [0.717, 1.165) is 20.9 Å². The number of nitrogen functional groups attached to an aromatic ring is 2. The molecule has 10 heteroatoms. The third kappa shape index (κ3) is 3.63. The highest BCUT2D eigenvalue weighted by atomic mass is 79.9. The molecule has 0 aliphatic heterocycles. The highest BCUT2D eigenvalue weighted by molar-refractivity contribution is 9.10. The number of nitrogens with two attached hydrogens (primary N) is 2. The Morgan fingerprint density at radius 2 is 2.06 bits per heavy atom. The van der Waals surface area contributed by atoms with E-state index in [-0.39, 0.29) is 5.92 Å². The maximum Gasteiger partial charge on any atom is 0.163 e. The van der Waals surface area contributed by atoms with Gasteiger partial charge in [0.1, 0.15) is 29.2 Å². The van der Waals surface area contributed by atoms with E-state index in [1.54, 1.807) is 19.4 Å². The lowest BCUT2D eigenvalue weighted by molar-refractivity contribution is -0.174. The predicted molar refractivity (Wildman–Crippen MR) is 129 cm³/mol. The molecule has 3 aromatic heterocycles. The molecule has 0 radical (unpaired) electrons. The lowest BCUT2D eigenvalue weighted by Crippen LogP contribution is -2.48. The van der Waals surface area contributed by atoms with Gasteiger partial charge in [0.2, 0.25) is 0 Å². The van der Waals surface area contributed by atoms with Crippen molar-refractivity contribution in [3.63, 3.8) is 0 Å². The van der Waals surface area contributed by atoms with Gasteiger partial charge in [0.25, 0.3) is 0 Å². The average Bonchev–Trinajstić information content (AvgIpc) is 3.37. The Morgan fingerprint density at radius 1 is 1.24 bits per heavy atom. The van der Waals surface area contributed by atoms with E-state index in [1.165, 1.54) is 10.9 Å². The molecule has 0 unspecified atom stereocenters. The van der Waals surface area contributed by atoms with Gasteiger partial charge in [0.15, 0.2) is 6.23 Å². The van der Waals surface area contributed by atoms with Gasteiger partial charge in [0.05, 0.1) is 21.5 Å². The van der Waals surface area contributed by atoms with Gasteiger partial charge >= 0.3 is 0 Å². The Kier molecular flexibility index (Phi) is 5.48. The van der Waals surface area contributed by atoms with E-state index in [9.17, 15) is 10.2 Å². The van der Waals surface area contributed by atoms with Gasteiger partial charge in [0, 0.05) is 18.7 Å². The molecule has 3 heterocycles. The fourth-order valence-electron chi connectivity index (χ4n) is 5.06. The number of rotatable bonds is 5. The Labute approximate surface area is 198 Å². The number of hydrogen-bond acceptors (Lipinski definition) is 8. The predicted octanol–water partition coefficient (Wildman–Crippen LogP) is 2.80. The fourth-order valence-corrected chi connectivity index (χ4v) is 5.40. The van der Waals surface area contributed by atoms with E-state index >= 15 is 0 Å². The van der Waals surface area contributed by atoms with Crippen molar-refractivity contribution in [1.29, 1.82) is 0 Å². The van der Waals surface area contributed by atoms with E-state index in [1.807, 2.05) is 24.3 Å². The average molecular weight is 513 g/mol. The smallest absolute Gasteiger partial charge is 0.163 e. The van der Waals surface area contributed by atoms with Crippen LogP contribution in [0, 0.1) is 5.92 Å². The summed E-state index contributed by atoms with van der Waals surface area (Å²) in [5, 5.41) is 24.5. The second kappa shape index (κ2) is 8.21. The Bertz CT molecular complexity index is 1340. The van der Waals surface area contributed by atoms with Gasteiger partial charge in [-0.3, -0.25) is 0 Å². The minimum atomic E-state index is -1.49. The SMILES string of the molecule is CO[C@@H]1[C@H](Cc2ccc3cc(Br)c(N)nc3c2)CC[C@]1(O)[C@@H](O)n1ccc2c(N)ncnc21. The summed E-state index contributed by atoms with van der Waals surface area (Å²) in [5.74, 6) is 0.765. The Balaban J connectivity index is 1.43. The number of nitrogens with zero attached hydrogens (tertiary/aromatic N) is 4. The molecule has 4 aromatic rings. The number of pyridine rings is 1. The summed E-state index contributed by atoms with van der Waals surface area (Å²) in [4.78, 5) is 12.7. The third-order valence-corrected chi connectivity index (χ3v) is 7.34. The zero-order valence-electron chi connectivity index (χ0n) is 18.0. The molecule has 1 aliphatic rings. The van der Waals surface area contributed by atoms with Crippen molar-refractivity contribution in [2.45, 2.75) is 37.2 Å². The van der Waals surface area contributed by atoms with E-state index < -0.39 is 17.9 Å². The quantitative estimate of drug-likeness (QED) is 0.319. The largest absolute Gasteiger partial charge is 0.383 e. The molecule has 0 spiro atoms. The van der Waals surface area contributed by atoms with Crippen molar-refractivity contribution >= 4 is 49.5 Å². The van der Waals surface area contributed by atoms with Crippen LogP contribution < -0.4 is 11.5 Å². The molecule has 33 heavy (non-hydrogen) atoms. The monoisotopic (exact) mass is 512 g/mol. The summed E-state index contributed by atoms with van der Waals surface area (Å²) in [7, 11) is 1.56. The topological polar surface area (TPSA) is 145 Å². The van der Waals surface area contributed by atoms with E-state index in [4.69, 9.17) is 16.2 Å². The van der Waals surface area contributed by atoms with Crippen LogP contribution in [0.1, 0.15) is 24.6 Å². The van der Waals surface area contributed by atoms with Crippen LogP contribution in [0.3, 0.4) is 0 Å². The molecular formula is C23H25BrN6O3. The van der Waals surface area contributed by atoms with Crippen molar-refractivity contribution < 1.29 is 14.9 Å². The van der Waals surface area contributed by atoms with Gasteiger partial charge in [-0.25, -0.2) is 15.0 Å². The zero-order chi connectivity index (χ0) is 23.3. The van der Waals surface area contributed by atoms with Crippen LogP contribution in [0.2, 0.25) is 0 Å². The molecule has 1 aromatic carbocycles. The van der Waals surface area contributed by atoms with E-state index in [2.05, 4.69) is 30.9 Å². The second-order valence-electron chi connectivity index (χ2n) is 8.63. The number of fused-ring (bicyclic) bond motifs is 2. The summed E-state index contributed by atoms with van der Waals surface area (Å²) >= 11 is 3.41. The molecule has 1 fully saturated rings. The fraction of sp³-hybridized carbons (Fsp3) is 0.348. The maximum absolute atomic E-state index is 11.6. The Morgan fingerprint density at radius 3 is 2.85 bits per heavy atom. The minimum Gasteiger partial charge on any atom is -0.383 e. The number of hydrogen-bond donors (Lipinski definition) is 4. The standard InChI is InChI=1S/C23H25BrN6O3/c1-33-18-14(8-12-2-3-13-10-16(24)20(26)29-17(13)9-12)4-6-23(18,32)22(31)30-7-5-15-19(25)27-11-28-21(15)30/h2-3,5,7,9-11,14,18,22,31-32H,4,6,8H2,1H3,(H2,26,29)(H2,25,27,28)/t14-,18+,22+,23+/m0/s1. The summed E-state index contributed by atoms with van der Waals surface area (Å²) in [5.41, 5.74) is 12.7. The highest BCUT2D eigenvalue weighted by Crippen LogP contribution is 2.45. The van der Waals surface area contributed by atoms with Crippen LogP contribution in [0.25, 0.3) is 21.9 Å². The number of methoxy groups -OCH3 is 1. The molecule has 4 atom stereocenters. The lowest BCUT2D eigenvalue weighted by atomic mass is 9.90. The second-order valence-corrected chi connectivity index (χ2v) is 9.48. The van der Waals surface area contributed by atoms with Crippen LogP contribution in [-0.2, 0) is 11.2 Å². The third-order valence-electron chi connectivity index (χ3n) is 6.70. The first-order valence-electron chi connectivity index (χ1n) is 10.7. The molecule has 1 aliphatic carbocycles. The number of benzene rings is 1. The minimum absolute atomic E-state index is 0.00131. The first kappa shape index (κ1) is 22.0. The van der Waals surface area contributed by atoms with Crippen LogP contribution in [0.4, 0.5) is 11.6 Å². The zero-order valence-corrected chi connectivity index (χ0v) is 19.6. The number of aliphatic hydroxyl groups excluding tert-OH is 1. The first-order chi connectivity index (χ1) is 15.8. The van der Waals surface area contributed by atoms with Gasteiger partial charge in [-0.15, -0.1) is 0 Å². The summed E-state index contributed by atoms with van der Waals surface area (Å²) < 4.78 is 8.06. The van der Waals surface area contributed by atoms with Gasteiger partial charge in [-0.05, 0) is 64.9 Å². The molecule has 5 rings (SSSR count). The number of halogens is 1. The molecule has 0 saturated heterocycles. The number of anilines is 2. The molecule has 9 nitrogen and oxygen atoms in total. The molecule has 6 N–H and O–H groups in total. The van der Waals surface area contributed by atoms with Gasteiger partial charge in [-0.2, -0.15) is 0 Å². The van der Waals surface area contributed by atoms with Crippen molar-refractivity contribution in [2.75, 3.05) is 18.6 Å². The number of aromatic nitrogens is 4. The summed E-state index contributed by atoms with van der Waals surface area (Å²) in [6.07, 6.45) is 2.91. The van der Waals surface area contributed by atoms with Crippen LogP contribution in [0.15, 0.2) is 47.3 Å². The lowest BCUT2D eigenvalue weighted by Gasteiger charge is -2.36. The van der Waals surface area contributed by atoms with Crippen LogP contribution in [-0.4, -0.2) is 48.5 Å². The number of ether oxygens (including phenoxy) is 1. The molecule has 0 bridgehead atoms. The highest BCUT2D eigenvalue weighted by Gasteiger charge is 2.53. The van der Waals surface area contributed by atoms with Crippen molar-refractivity contribution in [3.8, 4) is 0 Å². The molecule has 0 amide bonds. The van der Waals surface area contributed by atoms with Gasteiger partial charge in [-0.1, -0.05) is 12.1 Å². The van der Waals surface area contributed by atoms with E-state index in [0.29, 0.717) is 41.9 Å². The number of aliphatic hydroxyl groups is 2. The van der Waals surface area contributed by atoms with Crippen molar-refractivity contribution in [2.24, 2.45) is 5.92 Å². The first-order valence-corrected chi connectivity index (χ1v) is 11.5. The molecule has 172 valence electrons. The summed E-state index contributed by atoms with van der Waals surface area (Å²) in [6, 6.07) is 9.75. The van der Waals surface area contributed by atoms with Crippen molar-refractivity contribution in [3.05, 3.63) is 52.9 Å². The van der Waals surface area contributed by atoms with Crippen LogP contribution in [0.5, 0.6) is 0 Å².